The number of hydrogen-bond acceptors (Lipinski definition) is 6. The van der Waals surface area contributed by atoms with Crippen molar-refractivity contribution in [1.29, 1.82) is 0 Å². The molecule has 0 aromatic rings. The van der Waals surface area contributed by atoms with Gasteiger partial charge in [0, 0.05) is 19.3 Å². The Balaban J connectivity index is 4.40. The number of esters is 3. The van der Waals surface area contributed by atoms with Crippen LogP contribution in [0.4, 0.5) is 0 Å². The number of hydrogen-bond donors (Lipinski definition) is 0. The lowest BCUT2D eigenvalue weighted by Crippen LogP contribution is -2.30. The Morgan fingerprint density at radius 2 is 0.522 bits per heavy atom. The SMILES string of the molecule is CCCCC/C=C\C/C=C\CCCCCCCCCCCC(=O)OC[C@H](COC(=O)CCCCCCC/C=C\C/C=C\CCCCC)OC(=O)CCCCCCCCC/C=C\C/C=C\CCCCC. The van der Waals surface area contributed by atoms with E-state index in [2.05, 4.69) is 93.7 Å². The van der Waals surface area contributed by atoms with Crippen LogP contribution in [0.2, 0.25) is 0 Å². The van der Waals surface area contributed by atoms with Gasteiger partial charge in [-0.05, 0) is 116 Å². The number of allylic oxidation sites excluding steroid dienone is 12. The summed E-state index contributed by atoms with van der Waals surface area (Å²) in [6.45, 7) is 6.56. The standard InChI is InChI=1S/C63H110O6/c1-4-7-10-13-16-19-22-25-28-30-31-33-35-38-41-44-47-50-53-56-62(65)68-59-60(58-67-61(64)55-52-49-46-43-40-37-34-27-24-21-18-15-12-9-6-3)69-63(66)57-54-51-48-45-42-39-36-32-29-26-23-20-17-14-11-8-5-2/h16-21,25-29,34,60H,4-15,22-24,30-33,35-59H2,1-3H3/b19-16-,20-17-,21-18-,28-25-,29-26-,34-27-/t60-/m0/s1. The molecule has 0 spiro atoms. The second-order valence-corrected chi connectivity index (χ2v) is 19.5. The van der Waals surface area contributed by atoms with Gasteiger partial charge in [-0.2, -0.15) is 0 Å². The predicted octanol–water partition coefficient (Wildman–Crippen LogP) is 19.8. The van der Waals surface area contributed by atoms with E-state index in [-0.39, 0.29) is 31.1 Å². The van der Waals surface area contributed by atoms with Crippen LogP contribution in [0.25, 0.3) is 0 Å². The molecule has 0 aromatic carbocycles. The molecule has 0 aliphatic rings. The minimum absolute atomic E-state index is 0.0849. The summed E-state index contributed by atoms with van der Waals surface area (Å²) in [5.41, 5.74) is 0. The smallest absolute Gasteiger partial charge is 0.306 e. The molecule has 0 rings (SSSR count). The van der Waals surface area contributed by atoms with Crippen molar-refractivity contribution in [1.82, 2.24) is 0 Å². The van der Waals surface area contributed by atoms with Crippen LogP contribution in [0.15, 0.2) is 72.9 Å². The van der Waals surface area contributed by atoms with E-state index in [0.29, 0.717) is 19.3 Å². The van der Waals surface area contributed by atoms with Gasteiger partial charge in [0.2, 0.25) is 0 Å². The van der Waals surface area contributed by atoms with Gasteiger partial charge >= 0.3 is 17.9 Å². The van der Waals surface area contributed by atoms with Gasteiger partial charge in [0.1, 0.15) is 13.2 Å². The van der Waals surface area contributed by atoms with Crippen LogP contribution >= 0.6 is 0 Å². The van der Waals surface area contributed by atoms with E-state index >= 15 is 0 Å². The third-order valence-electron chi connectivity index (χ3n) is 12.7. The van der Waals surface area contributed by atoms with Crippen molar-refractivity contribution in [3.8, 4) is 0 Å². The van der Waals surface area contributed by atoms with Gasteiger partial charge in [-0.25, -0.2) is 0 Å². The molecule has 6 heteroatoms. The monoisotopic (exact) mass is 963 g/mol. The molecule has 0 aromatic heterocycles. The Morgan fingerprint density at radius 1 is 0.290 bits per heavy atom. The lowest BCUT2D eigenvalue weighted by atomic mass is 10.1. The van der Waals surface area contributed by atoms with Crippen molar-refractivity contribution in [2.45, 2.75) is 297 Å². The van der Waals surface area contributed by atoms with Crippen LogP contribution < -0.4 is 0 Å². The molecule has 0 fully saturated rings. The summed E-state index contributed by atoms with van der Waals surface area (Å²) in [6.07, 6.45) is 73.1. The van der Waals surface area contributed by atoms with Crippen LogP contribution in [-0.4, -0.2) is 37.2 Å². The van der Waals surface area contributed by atoms with E-state index in [1.807, 2.05) is 0 Å². The number of carbonyl (C=O) groups is 3. The first kappa shape index (κ1) is 65.8. The molecule has 0 radical (unpaired) electrons. The normalized spacial score (nSPS) is 12.6. The third-order valence-corrected chi connectivity index (χ3v) is 12.7. The van der Waals surface area contributed by atoms with E-state index in [9.17, 15) is 14.4 Å². The maximum Gasteiger partial charge on any atom is 0.306 e. The van der Waals surface area contributed by atoms with Crippen molar-refractivity contribution in [3.05, 3.63) is 72.9 Å². The molecular formula is C63H110O6. The summed E-state index contributed by atoms with van der Waals surface area (Å²) < 4.78 is 16.9. The molecule has 398 valence electrons. The average Bonchev–Trinajstić information content (AvgIpc) is 3.35. The maximum atomic E-state index is 12.9. The third kappa shape index (κ3) is 55.6. The largest absolute Gasteiger partial charge is 0.462 e. The fourth-order valence-electron chi connectivity index (χ4n) is 8.18. The second-order valence-electron chi connectivity index (χ2n) is 19.5. The lowest BCUT2D eigenvalue weighted by molar-refractivity contribution is -0.167. The van der Waals surface area contributed by atoms with Crippen LogP contribution in [-0.2, 0) is 28.6 Å². The highest BCUT2D eigenvalue weighted by atomic mass is 16.6. The topological polar surface area (TPSA) is 78.9 Å². The molecule has 0 aliphatic carbocycles. The van der Waals surface area contributed by atoms with Crippen LogP contribution in [0.3, 0.4) is 0 Å². The van der Waals surface area contributed by atoms with E-state index in [1.165, 1.54) is 154 Å². The van der Waals surface area contributed by atoms with Crippen molar-refractivity contribution in [3.63, 3.8) is 0 Å². The van der Waals surface area contributed by atoms with Crippen LogP contribution in [0, 0.1) is 0 Å². The Bertz CT molecular complexity index is 1290. The molecular weight excluding hydrogens is 853 g/mol. The number of carbonyl (C=O) groups excluding carboxylic acids is 3. The second kappa shape index (κ2) is 57.4. The van der Waals surface area contributed by atoms with Gasteiger partial charge in [-0.3, -0.25) is 14.4 Å². The van der Waals surface area contributed by atoms with Crippen LogP contribution in [0.1, 0.15) is 290 Å². The molecule has 0 amide bonds. The first-order valence-electron chi connectivity index (χ1n) is 29.4. The molecule has 6 nitrogen and oxygen atoms in total. The first-order chi connectivity index (χ1) is 34.0. The number of rotatable bonds is 53. The molecule has 0 N–H and O–H groups in total. The summed E-state index contributed by atoms with van der Waals surface area (Å²) in [6, 6.07) is 0. The highest BCUT2D eigenvalue weighted by Gasteiger charge is 2.19. The highest BCUT2D eigenvalue weighted by molar-refractivity contribution is 5.71. The molecule has 0 heterocycles. The zero-order chi connectivity index (χ0) is 50.0. The van der Waals surface area contributed by atoms with Crippen molar-refractivity contribution >= 4 is 17.9 Å². The molecule has 69 heavy (non-hydrogen) atoms. The zero-order valence-electron chi connectivity index (χ0n) is 45.6. The van der Waals surface area contributed by atoms with Gasteiger partial charge in [0.25, 0.3) is 0 Å². The first-order valence-corrected chi connectivity index (χ1v) is 29.4. The fraction of sp³-hybridized carbons (Fsp3) is 0.762. The molecule has 1 atom stereocenters. The minimum atomic E-state index is -0.788. The van der Waals surface area contributed by atoms with Gasteiger partial charge in [-0.1, -0.05) is 229 Å². The van der Waals surface area contributed by atoms with Crippen molar-refractivity contribution in [2.24, 2.45) is 0 Å². The van der Waals surface area contributed by atoms with Gasteiger partial charge in [0.05, 0.1) is 0 Å². The van der Waals surface area contributed by atoms with E-state index in [0.717, 1.165) is 96.3 Å². The van der Waals surface area contributed by atoms with Gasteiger partial charge < -0.3 is 14.2 Å². The summed E-state index contributed by atoms with van der Waals surface area (Å²) in [7, 11) is 0. The van der Waals surface area contributed by atoms with Gasteiger partial charge in [-0.15, -0.1) is 0 Å². The molecule has 0 unspecified atom stereocenters. The van der Waals surface area contributed by atoms with Crippen molar-refractivity contribution in [2.75, 3.05) is 13.2 Å². The quantitative estimate of drug-likeness (QED) is 0.0262. The average molecular weight is 964 g/mol. The lowest BCUT2D eigenvalue weighted by Gasteiger charge is -2.18. The predicted molar refractivity (Wildman–Crippen MR) is 298 cm³/mol. The number of ether oxygens (including phenoxy) is 3. The zero-order valence-corrected chi connectivity index (χ0v) is 45.6. The van der Waals surface area contributed by atoms with E-state index in [1.54, 1.807) is 0 Å². The Hall–Kier alpha value is -3.15. The Kier molecular flexibility index (Phi) is 54.8. The van der Waals surface area contributed by atoms with E-state index < -0.39 is 6.10 Å². The highest BCUT2D eigenvalue weighted by Crippen LogP contribution is 2.15. The summed E-state index contributed by atoms with van der Waals surface area (Å²) in [5, 5.41) is 0. The number of unbranched alkanes of at least 4 members (excludes halogenated alkanes) is 30. The molecule has 0 saturated carbocycles. The minimum Gasteiger partial charge on any atom is -0.462 e. The maximum absolute atomic E-state index is 12.9. The van der Waals surface area contributed by atoms with Crippen molar-refractivity contribution < 1.29 is 28.6 Å². The fourth-order valence-corrected chi connectivity index (χ4v) is 8.18. The Morgan fingerprint density at radius 3 is 0.797 bits per heavy atom. The Labute approximate surface area is 427 Å². The molecule has 0 aliphatic heterocycles. The van der Waals surface area contributed by atoms with Crippen LogP contribution in [0.5, 0.6) is 0 Å². The summed E-state index contributed by atoms with van der Waals surface area (Å²) in [5.74, 6) is -0.902. The molecule has 0 bridgehead atoms. The van der Waals surface area contributed by atoms with Gasteiger partial charge in [0.15, 0.2) is 6.10 Å². The summed E-state index contributed by atoms with van der Waals surface area (Å²) >= 11 is 0. The molecule has 0 saturated heterocycles. The summed E-state index contributed by atoms with van der Waals surface area (Å²) in [4.78, 5) is 38.2. The van der Waals surface area contributed by atoms with E-state index in [4.69, 9.17) is 14.2 Å².